The molecule has 0 bridgehead atoms. The second-order valence-corrected chi connectivity index (χ2v) is 6.92. The van der Waals surface area contributed by atoms with Gasteiger partial charge in [-0.3, -0.25) is 4.79 Å². The number of carbonyl (C=O) groups is 1. The number of thiazole rings is 1. The monoisotopic (exact) mass is 370 g/mol. The Morgan fingerprint density at radius 3 is 2.35 bits per heavy atom. The molecule has 2 aromatic carbocycles. The van der Waals surface area contributed by atoms with Gasteiger partial charge in [-0.25, -0.2) is 0 Å². The molecular weight excluding hydrogens is 348 g/mol. The van der Waals surface area contributed by atoms with E-state index in [2.05, 4.69) is 4.99 Å². The highest BCUT2D eigenvalue weighted by molar-refractivity contribution is 7.16. The lowest BCUT2D eigenvalue weighted by Gasteiger charge is -2.08. The largest absolute Gasteiger partial charge is 0.495 e. The summed E-state index contributed by atoms with van der Waals surface area (Å²) in [6.45, 7) is 4.73. The van der Waals surface area contributed by atoms with E-state index in [0.29, 0.717) is 11.3 Å². The average molecular weight is 370 g/mol. The van der Waals surface area contributed by atoms with Crippen LogP contribution in [0.2, 0.25) is 0 Å². The van der Waals surface area contributed by atoms with E-state index in [1.807, 2.05) is 54.8 Å². The van der Waals surface area contributed by atoms with Crippen LogP contribution in [0.5, 0.6) is 11.5 Å². The SMILES string of the molecule is CCn1c(=NC(=O)Cc2ccc(C)cc2)sc2c(OC)ccc(OC)c21. The van der Waals surface area contributed by atoms with Crippen molar-refractivity contribution in [1.82, 2.24) is 4.57 Å². The first-order valence-corrected chi connectivity index (χ1v) is 9.26. The summed E-state index contributed by atoms with van der Waals surface area (Å²) < 4.78 is 13.9. The maximum Gasteiger partial charge on any atom is 0.252 e. The lowest BCUT2D eigenvalue weighted by molar-refractivity contribution is -0.117. The van der Waals surface area contributed by atoms with Gasteiger partial charge in [-0.15, -0.1) is 0 Å². The van der Waals surface area contributed by atoms with Gasteiger partial charge in [0.1, 0.15) is 21.7 Å². The molecular formula is C20H22N2O3S. The lowest BCUT2D eigenvalue weighted by atomic mass is 10.1. The molecule has 136 valence electrons. The van der Waals surface area contributed by atoms with Gasteiger partial charge in [0, 0.05) is 6.54 Å². The van der Waals surface area contributed by atoms with Crippen LogP contribution in [0.15, 0.2) is 41.4 Å². The van der Waals surface area contributed by atoms with Gasteiger partial charge in [-0.1, -0.05) is 41.2 Å². The third-order valence-electron chi connectivity index (χ3n) is 4.20. The Kier molecular flexibility index (Phi) is 5.42. The van der Waals surface area contributed by atoms with Gasteiger partial charge in [0.05, 0.1) is 20.6 Å². The Morgan fingerprint density at radius 1 is 1.08 bits per heavy atom. The zero-order valence-corrected chi connectivity index (χ0v) is 16.2. The summed E-state index contributed by atoms with van der Waals surface area (Å²) in [5.74, 6) is 1.33. The molecule has 0 atom stereocenters. The molecule has 0 unspecified atom stereocenters. The van der Waals surface area contributed by atoms with E-state index in [1.165, 1.54) is 16.9 Å². The fourth-order valence-electron chi connectivity index (χ4n) is 2.86. The first-order chi connectivity index (χ1) is 12.6. The molecule has 0 aliphatic heterocycles. The van der Waals surface area contributed by atoms with Crippen molar-refractivity contribution >= 4 is 27.5 Å². The number of hydrogen-bond donors (Lipinski definition) is 0. The molecule has 5 nitrogen and oxygen atoms in total. The van der Waals surface area contributed by atoms with Crippen LogP contribution in [-0.4, -0.2) is 24.7 Å². The molecule has 0 aliphatic rings. The summed E-state index contributed by atoms with van der Waals surface area (Å²) in [5, 5.41) is 0. The zero-order valence-electron chi connectivity index (χ0n) is 15.4. The quantitative estimate of drug-likeness (QED) is 0.688. The van der Waals surface area contributed by atoms with Crippen LogP contribution >= 0.6 is 11.3 Å². The Hall–Kier alpha value is -2.60. The number of methoxy groups -OCH3 is 2. The fourth-order valence-corrected chi connectivity index (χ4v) is 4.08. The normalized spacial score (nSPS) is 11.8. The van der Waals surface area contributed by atoms with Gasteiger partial charge in [0.25, 0.3) is 5.91 Å². The Bertz CT molecular complexity index is 1000. The van der Waals surface area contributed by atoms with Gasteiger partial charge in [0.15, 0.2) is 4.80 Å². The van der Waals surface area contributed by atoms with Crippen LogP contribution in [-0.2, 0) is 17.8 Å². The third kappa shape index (κ3) is 3.51. The topological polar surface area (TPSA) is 52.8 Å². The van der Waals surface area contributed by atoms with Crippen LogP contribution < -0.4 is 14.3 Å². The van der Waals surface area contributed by atoms with Crippen molar-refractivity contribution in [1.29, 1.82) is 0 Å². The number of ether oxygens (including phenoxy) is 2. The van der Waals surface area contributed by atoms with Gasteiger partial charge in [-0.2, -0.15) is 4.99 Å². The van der Waals surface area contributed by atoms with E-state index < -0.39 is 0 Å². The minimum Gasteiger partial charge on any atom is -0.495 e. The highest BCUT2D eigenvalue weighted by atomic mass is 32.1. The molecule has 0 spiro atoms. The predicted molar refractivity (Wildman–Crippen MR) is 104 cm³/mol. The Morgan fingerprint density at radius 2 is 1.73 bits per heavy atom. The molecule has 26 heavy (non-hydrogen) atoms. The number of aryl methyl sites for hydroxylation is 2. The summed E-state index contributed by atoms with van der Waals surface area (Å²) >= 11 is 1.44. The molecule has 0 saturated heterocycles. The summed E-state index contributed by atoms with van der Waals surface area (Å²) in [6.07, 6.45) is 0.284. The summed E-state index contributed by atoms with van der Waals surface area (Å²) in [6, 6.07) is 11.7. The van der Waals surface area contributed by atoms with Crippen LogP contribution in [0, 0.1) is 6.92 Å². The second kappa shape index (κ2) is 7.74. The number of rotatable bonds is 5. The molecule has 3 aromatic rings. The minimum absolute atomic E-state index is 0.166. The molecule has 0 aliphatic carbocycles. The number of fused-ring (bicyclic) bond motifs is 1. The van der Waals surface area contributed by atoms with Crippen LogP contribution in [0.25, 0.3) is 10.2 Å². The standard InChI is InChI=1S/C20H22N2O3S/c1-5-22-18-15(24-3)10-11-16(25-4)19(18)26-20(22)21-17(23)12-14-8-6-13(2)7-9-14/h6-11H,5,12H2,1-4H3. The first-order valence-electron chi connectivity index (χ1n) is 8.44. The molecule has 6 heteroatoms. The number of hydrogen-bond acceptors (Lipinski definition) is 4. The van der Waals surface area contributed by atoms with Crippen molar-refractivity contribution in [2.45, 2.75) is 26.8 Å². The van der Waals surface area contributed by atoms with E-state index in [4.69, 9.17) is 9.47 Å². The first kappa shape index (κ1) is 18.2. The highest BCUT2D eigenvalue weighted by Gasteiger charge is 2.15. The van der Waals surface area contributed by atoms with Crippen molar-refractivity contribution < 1.29 is 14.3 Å². The number of carbonyl (C=O) groups excluding carboxylic acids is 1. The summed E-state index contributed by atoms with van der Waals surface area (Å²) in [7, 11) is 3.27. The van der Waals surface area contributed by atoms with E-state index in [9.17, 15) is 4.79 Å². The van der Waals surface area contributed by atoms with Crippen molar-refractivity contribution in [3.8, 4) is 11.5 Å². The highest BCUT2D eigenvalue weighted by Crippen LogP contribution is 2.35. The molecule has 3 rings (SSSR count). The van der Waals surface area contributed by atoms with Gasteiger partial charge in [0.2, 0.25) is 0 Å². The van der Waals surface area contributed by atoms with Crippen LogP contribution in [0.1, 0.15) is 18.1 Å². The zero-order chi connectivity index (χ0) is 18.7. The Balaban J connectivity index is 2.07. The number of nitrogens with zero attached hydrogens (tertiary/aromatic N) is 2. The smallest absolute Gasteiger partial charge is 0.252 e. The van der Waals surface area contributed by atoms with Crippen molar-refractivity contribution in [3.05, 3.63) is 52.3 Å². The maximum atomic E-state index is 12.5. The maximum absolute atomic E-state index is 12.5. The third-order valence-corrected chi connectivity index (χ3v) is 5.30. The second-order valence-electron chi connectivity index (χ2n) is 5.94. The molecule has 1 aromatic heterocycles. The van der Waals surface area contributed by atoms with Gasteiger partial charge in [-0.05, 0) is 31.5 Å². The van der Waals surface area contributed by atoms with Crippen molar-refractivity contribution in [2.75, 3.05) is 14.2 Å². The summed E-state index contributed by atoms with van der Waals surface area (Å²) in [5.41, 5.74) is 3.04. The number of benzene rings is 2. The Labute approximate surface area is 156 Å². The average Bonchev–Trinajstić information content (AvgIpc) is 3.00. The molecule has 1 amide bonds. The minimum atomic E-state index is -0.166. The van der Waals surface area contributed by atoms with Crippen LogP contribution in [0.3, 0.4) is 0 Å². The van der Waals surface area contributed by atoms with Crippen molar-refractivity contribution in [2.24, 2.45) is 4.99 Å². The molecule has 0 N–H and O–H groups in total. The molecule has 0 fully saturated rings. The van der Waals surface area contributed by atoms with E-state index in [-0.39, 0.29) is 12.3 Å². The van der Waals surface area contributed by atoms with E-state index >= 15 is 0 Å². The van der Waals surface area contributed by atoms with Crippen molar-refractivity contribution in [3.63, 3.8) is 0 Å². The molecule has 1 heterocycles. The van der Waals surface area contributed by atoms with Crippen LogP contribution in [0.4, 0.5) is 0 Å². The molecule has 0 saturated carbocycles. The summed E-state index contributed by atoms with van der Waals surface area (Å²) in [4.78, 5) is 17.5. The number of amides is 1. The van der Waals surface area contributed by atoms with E-state index in [0.717, 1.165) is 27.3 Å². The van der Waals surface area contributed by atoms with E-state index in [1.54, 1.807) is 14.2 Å². The number of aromatic nitrogens is 1. The fraction of sp³-hybridized carbons (Fsp3) is 0.300. The molecule has 0 radical (unpaired) electrons. The predicted octanol–water partition coefficient (Wildman–Crippen LogP) is 3.72. The lowest BCUT2D eigenvalue weighted by Crippen LogP contribution is -2.16. The van der Waals surface area contributed by atoms with Gasteiger partial charge >= 0.3 is 0 Å². The van der Waals surface area contributed by atoms with Gasteiger partial charge < -0.3 is 14.0 Å².